The smallest absolute Gasteiger partial charge is 0.320 e. The van der Waals surface area contributed by atoms with Crippen molar-refractivity contribution in [1.82, 2.24) is 9.80 Å². The van der Waals surface area contributed by atoms with Crippen molar-refractivity contribution in [1.29, 1.82) is 0 Å². The molecule has 1 aliphatic carbocycles. The third kappa shape index (κ3) is 6.36. The van der Waals surface area contributed by atoms with Gasteiger partial charge in [0.05, 0.1) is 12.2 Å². The number of nitrogens with zero attached hydrogens (tertiary/aromatic N) is 2. The first-order valence-electron chi connectivity index (χ1n) is 14.7. The van der Waals surface area contributed by atoms with Crippen LogP contribution in [0.4, 0.5) is 8.78 Å². The van der Waals surface area contributed by atoms with Crippen molar-refractivity contribution >= 4 is 5.97 Å². The largest absolute Gasteiger partial charge is 0.480 e. The molecule has 1 saturated carbocycles. The molecule has 0 bridgehead atoms. The second-order valence-corrected chi connectivity index (χ2v) is 12.6. The van der Waals surface area contributed by atoms with Gasteiger partial charge in [-0.3, -0.25) is 9.69 Å². The van der Waals surface area contributed by atoms with Crippen LogP contribution in [-0.2, 0) is 16.0 Å². The normalized spacial score (nSPS) is 28.2. The molecule has 6 rings (SSSR count). The maximum Gasteiger partial charge on any atom is 0.320 e. The fourth-order valence-electron chi connectivity index (χ4n) is 7.38. The number of aliphatic carboxylic acids is 1. The predicted octanol–water partition coefficient (Wildman–Crippen LogP) is 5.35. The Labute approximate surface area is 230 Å². The average molecular weight is 539 g/mol. The van der Waals surface area contributed by atoms with Crippen LogP contribution in [0, 0.1) is 29.4 Å². The van der Waals surface area contributed by atoms with Gasteiger partial charge in [0.1, 0.15) is 17.7 Å². The molecule has 3 heterocycles. The summed E-state index contributed by atoms with van der Waals surface area (Å²) < 4.78 is 33.9. The van der Waals surface area contributed by atoms with Crippen LogP contribution in [0.15, 0.2) is 48.5 Å². The van der Waals surface area contributed by atoms with E-state index in [9.17, 15) is 18.7 Å². The Morgan fingerprint density at radius 2 is 1.79 bits per heavy atom. The topological polar surface area (TPSA) is 53.0 Å². The Balaban J connectivity index is 1.08. The Hall–Kier alpha value is -2.35. The van der Waals surface area contributed by atoms with Crippen molar-refractivity contribution in [3.05, 3.63) is 71.3 Å². The molecule has 0 radical (unpaired) electrons. The number of benzene rings is 2. The molecular formula is C32H40F2N2O3. The van der Waals surface area contributed by atoms with Crippen molar-refractivity contribution in [2.45, 2.75) is 62.5 Å². The number of hydrogen-bond acceptors (Lipinski definition) is 4. The van der Waals surface area contributed by atoms with E-state index in [-0.39, 0.29) is 29.1 Å². The van der Waals surface area contributed by atoms with Crippen molar-refractivity contribution in [3.63, 3.8) is 0 Å². The summed E-state index contributed by atoms with van der Waals surface area (Å²) in [5.41, 5.74) is 2.08. The summed E-state index contributed by atoms with van der Waals surface area (Å²) in [5.74, 6) is 0.228. The molecule has 4 fully saturated rings. The summed E-state index contributed by atoms with van der Waals surface area (Å²) in [5, 5.41) is 10.0. The first-order chi connectivity index (χ1) is 18.9. The van der Waals surface area contributed by atoms with Crippen LogP contribution in [0.5, 0.6) is 0 Å². The molecule has 2 aromatic carbocycles. The van der Waals surface area contributed by atoms with Crippen LogP contribution in [0.2, 0.25) is 0 Å². The van der Waals surface area contributed by atoms with Crippen molar-refractivity contribution in [3.8, 4) is 0 Å². The van der Waals surface area contributed by atoms with Crippen molar-refractivity contribution in [2.75, 3.05) is 39.3 Å². The predicted molar refractivity (Wildman–Crippen MR) is 146 cm³/mol. The van der Waals surface area contributed by atoms with E-state index in [4.69, 9.17) is 4.74 Å². The summed E-state index contributed by atoms with van der Waals surface area (Å²) in [7, 11) is 0. The molecular weight excluding hydrogens is 498 g/mol. The first kappa shape index (κ1) is 26.9. The van der Waals surface area contributed by atoms with E-state index in [0.717, 1.165) is 88.9 Å². The third-order valence-electron chi connectivity index (χ3n) is 9.71. The molecule has 0 amide bonds. The zero-order valence-electron chi connectivity index (χ0n) is 22.6. The van der Waals surface area contributed by atoms with Crippen molar-refractivity contribution in [2.24, 2.45) is 17.8 Å². The number of piperidine rings is 1. The van der Waals surface area contributed by atoms with E-state index in [0.29, 0.717) is 18.4 Å². The zero-order chi connectivity index (χ0) is 27.0. The Morgan fingerprint density at radius 1 is 1.03 bits per heavy atom. The highest BCUT2D eigenvalue weighted by Crippen LogP contribution is 2.42. The minimum Gasteiger partial charge on any atom is -0.480 e. The molecule has 7 heteroatoms. The number of carbonyl (C=O) groups is 1. The molecule has 3 saturated heterocycles. The molecule has 1 spiro atoms. The Kier molecular flexibility index (Phi) is 7.75. The SMILES string of the molecule is O=C(O)C(CC1CC1)N1CC(CN2CCC3(CC2)C[C@H](Cc2ccc(F)cc2)CO3)C(c2cccc(F)c2)C1. The van der Waals surface area contributed by atoms with E-state index < -0.39 is 12.0 Å². The molecule has 4 aliphatic rings. The quantitative estimate of drug-likeness (QED) is 0.467. The minimum atomic E-state index is -0.728. The molecule has 39 heavy (non-hydrogen) atoms. The van der Waals surface area contributed by atoms with Crippen LogP contribution in [0.1, 0.15) is 55.6 Å². The first-order valence-corrected chi connectivity index (χ1v) is 14.7. The summed E-state index contributed by atoms with van der Waals surface area (Å²) in [6.45, 7) is 4.98. The van der Waals surface area contributed by atoms with Gasteiger partial charge in [0.15, 0.2) is 0 Å². The van der Waals surface area contributed by atoms with Crippen LogP contribution >= 0.6 is 0 Å². The second-order valence-electron chi connectivity index (χ2n) is 12.6. The average Bonchev–Trinajstić information content (AvgIpc) is 3.53. The Bertz CT molecular complexity index is 1150. The van der Waals surface area contributed by atoms with Gasteiger partial charge in [-0.25, -0.2) is 8.78 Å². The minimum absolute atomic E-state index is 0.0659. The Morgan fingerprint density at radius 3 is 2.49 bits per heavy atom. The third-order valence-corrected chi connectivity index (χ3v) is 9.71. The molecule has 5 nitrogen and oxygen atoms in total. The maximum absolute atomic E-state index is 14.2. The van der Waals surface area contributed by atoms with E-state index in [1.54, 1.807) is 12.1 Å². The van der Waals surface area contributed by atoms with Crippen LogP contribution in [-0.4, -0.2) is 71.8 Å². The van der Waals surface area contributed by atoms with Gasteiger partial charge < -0.3 is 14.7 Å². The highest BCUT2D eigenvalue weighted by molar-refractivity contribution is 5.73. The van der Waals surface area contributed by atoms with Gasteiger partial charge in [-0.1, -0.05) is 37.1 Å². The highest BCUT2D eigenvalue weighted by atomic mass is 19.1. The van der Waals surface area contributed by atoms with Gasteiger partial charge in [-0.15, -0.1) is 0 Å². The summed E-state index contributed by atoms with van der Waals surface area (Å²) in [4.78, 5) is 16.9. The van der Waals surface area contributed by atoms with Crippen molar-refractivity contribution < 1.29 is 23.4 Å². The monoisotopic (exact) mass is 538 g/mol. The number of halogens is 2. The summed E-state index contributed by atoms with van der Waals surface area (Å²) in [6.07, 6.45) is 6.95. The van der Waals surface area contributed by atoms with E-state index >= 15 is 0 Å². The van der Waals surface area contributed by atoms with Crippen LogP contribution in [0.3, 0.4) is 0 Å². The molecule has 210 valence electrons. The molecule has 2 aromatic rings. The zero-order valence-corrected chi connectivity index (χ0v) is 22.6. The molecule has 1 N–H and O–H groups in total. The van der Waals surface area contributed by atoms with E-state index in [1.165, 1.54) is 18.2 Å². The maximum atomic E-state index is 14.2. The number of rotatable bonds is 9. The lowest BCUT2D eigenvalue weighted by molar-refractivity contribution is -0.143. The van der Waals surface area contributed by atoms with Crippen LogP contribution in [0.25, 0.3) is 0 Å². The van der Waals surface area contributed by atoms with Gasteiger partial charge in [0.2, 0.25) is 0 Å². The molecule has 4 atom stereocenters. The lowest BCUT2D eigenvalue weighted by Gasteiger charge is -2.40. The fraction of sp³-hybridized carbons (Fsp3) is 0.594. The van der Waals surface area contributed by atoms with E-state index in [2.05, 4.69) is 9.80 Å². The number of carboxylic acid groups (broad SMARTS) is 1. The fourth-order valence-corrected chi connectivity index (χ4v) is 7.38. The van der Waals surface area contributed by atoms with Gasteiger partial charge in [-0.05, 0) is 85.3 Å². The van der Waals surface area contributed by atoms with Gasteiger partial charge in [0, 0.05) is 38.6 Å². The van der Waals surface area contributed by atoms with Gasteiger partial charge in [-0.2, -0.15) is 0 Å². The van der Waals surface area contributed by atoms with Gasteiger partial charge >= 0.3 is 5.97 Å². The van der Waals surface area contributed by atoms with E-state index in [1.807, 2.05) is 18.2 Å². The lowest BCUT2D eigenvalue weighted by Crippen LogP contribution is -2.46. The van der Waals surface area contributed by atoms with Gasteiger partial charge in [0.25, 0.3) is 0 Å². The number of ether oxygens (including phenoxy) is 1. The molecule has 3 unspecified atom stereocenters. The number of hydrogen-bond donors (Lipinski definition) is 1. The number of carboxylic acids is 1. The highest BCUT2D eigenvalue weighted by Gasteiger charge is 2.45. The standard InChI is InChI=1S/C32H40F2N2O3/c33-27-8-6-22(7-9-27)14-24-17-32(39-21-24)10-12-35(13-11-32)18-26-19-36(30(31(37)38)15-23-4-5-23)20-29(26)25-2-1-3-28(34)16-25/h1-3,6-9,16,23-24,26,29-30H,4-5,10-15,17-21H2,(H,37,38)/t24-,26?,29?,30?/m0/s1. The second kappa shape index (κ2) is 11.3. The summed E-state index contributed by atoms with van der Waals surface area (Å²) in [6, 6.07) is 13.3. The lowest BCUT2D eigenvalue weighted by atomic mass is 9.82. The van der Waals surface area contributed by atoms with Crippen LogP contribution < -0.4 is 0 Å². The molecule has 3 aliphatic heterocycles. The molecule has 0 aromatic heterocycles. The number of likely N-dealkylation sites (tertiary alicyclic amines) is 2. The summed E-state index contributed by atoms with van der Waals surface area (Å²) >= 11 is 0.